The zero-order valence-corrected chi connectivity index (χ0v) is 9.19. The summed E-state index contributed by atoms with van der Waals surface area (Å²) in [5.74, 6) is -0.195. The Morgan fingerprint density at radius 3 is 2.73 bits per heavy atom. The lowest BCUT2D eigenvalue weighted by Gasteiger charge is -2.30. The predicted octanol–water partition coefficient (Wildman–Crippen LogP) is 0.986. The summed E-state index contributed by atoms with van der Waals surface area (Å²) in [7, 11) is 1.74. The molecule has 0 radical (unpaired) electrons. The average Bonchev–Trinajstić information content (AvgIpc) is 2.20. The number of piperidine rings is 1. The fraction of sp³-hybridized carbons (Fsp3) is 0.727. The van der Waals surface area contributed by atoms with Crippen molar-refractivity contribution in [3.05, 3.63) is 12.2 Å². The minimum atomic E-state index is -0.871. The molecule has 4 nitrogen and oxygen atoms in total. The summed E-state index contributed by atoms with van der Waals surface area (Å²) in [4.78, 5) is 12.5. The van der Waals surface area contributed by atoms with Gasteiger partial charge in [-0.15, -0.1) is 0 Å². The van der Waals surface area contributed by atoms with E-state index in [1.165, 1.54) is 6.08 Å². The Morgan fingerprint density at radius 2 is 2.20 bits per heavy atom. The van der Waals surface area contributed by atoms with Crippen molar-refractivity contribution >= 4 is 5.97 Å². The van der Waals surface area contributed by atoms with Gasteiger partial charge >= 0.3 is 5.97 Å². The van der Waals surface area contributed by atoms with Crippen LogP contribution in [0.25, 0.3) is 0 Å². The molecule has 4 heteroatoms. The average molecular weight is 213 g/mol. The van der Waals surface area contributed by atoms with Crippen LogP contribution in [0.3, 0.4) is 0 Å². The van der Waals surface area contributed by atoms with Gasteiger partial charge in [-0.2, -0.15) is 0 Å². The van der Waals surface area contributed by atoms with Crippen LogP contribution in [0.4, 0.5) is 0 Å². The molecule has 0 bridgehead atoms. The van der Waals surface area contributed by atoms with E-state index in [9.17, 15) is 4.79 Å². The fourth-order valence-electron chi connectivity index (χ4n) is 1.87. The first-order chi connectivity index (χ1) is 7.22. The summed E-state index contributed by atoms with van der Waals surface area (Å²) in [5, 5.41) is 8.43. The van der Waals surface area contributed by atoms with Gasteiger partial charge in [-0.1, -0.05) is 6.08 Å². The number of nitrogens with zero attached hydrogens (tertiary/aromatic N) is 1. The number of aliphatic carboxylic acids is 1. The van der Waals surface area contributed by atoms with Gasteiger partial charge < -0.3 is 9.84 Å². The quantitative estimate of drug-likeness (QED) is 0.692. The molecule has 0 aromatic heterocycles. The van der Waals surface area contributed by atoms with Crippen molar-refractivity contribution in [1.29, 1.82) is 0 Å². The van der Waals surface area contributed by atoms with Gasteiger partial charge in [-0.05, 0) is 31.8 Å². The van der Waals surface area contributed by atoms with Crippen LogP contribution in [0.5, 0.6) is 0 Å². The lowest BCUT2D eigenvalue weighted by molar-refractivity contribution is -0.131. The summed E-state index contributed by atoms with van der Waals surface area (Å²) in [5.41, 5.74) is 0. The third kappa shape index (κ3) is 4.95. The topological polar surface area (TPSA) is 49.8 Å². The molecule has 0 amide bonds. The van der Waals surface area contributed by atoms with Gasteiger partial charge in [-0.3, -0.25) is 4.90 Å². The van der Waals surface area contributed by atoms with Crippen molar-refractivity contribution < 1.29 is 14.6 Å². The summed E-state index contributed by atoms with van der Waals surface area (Å²) in [6.45, 7) is 3.67. The van der Waals surface area contributed by atoms with Gasteiger partial charge in [0.1, 0.15) is 0 Å². The molecule has 15 heavy (non-hydrogen) atoms. The molecular formula is C11H19NO3. The standard InChI is InChI=1S/C11H19NO3/c1-15-9-10-4-7-12(8-5-10)6-2-3-11(13)14/h2-3,10H,4-9H2,1H3,(H,13,14)/b3-2+. The van der Waals surface area contributed by atoms with Gasteiger partial charge in [0.25, 0.3) is 0 Å². The maximum Gasteiger partial charge on any atom is 0.328 e. The second kappa shape index (κ2) is 6.58. The van der Waals surface area contributed by atoms with E-state index in [-0.39, 0.29) is 0 Å². The molecule has 0 aliphatic carbocycles. The molecule has 0 aromatic rings. The number of methoxy groups -OCH3 is 1. The van der Waals surface area contributed by atoms with Crippen LogP contribution in [-0.4, -0.2) is 49.3 Å². The van der Waals surface area contributed by atoms with Crippen molar-refractivity contribution in [2.45, 2.75) is 12.8 Å². The zero-order chi connectivity index (χ0) is 11.1. The van der Waals surface area contributed by atoms with Gasteiger partial charge in [0.05, 0.1) is 0 Å². The zero-order valence-electron chi connectivity index (χ0n) is 9.19. The normalized spacial score (nSPS) is 19.8. The van der Waals surface area contributed by atoms with Crippen LogP contribution in [-0.2, 0) is 9.53 Å². The number of carbonyl (C=O) groups is 1. The van der Waals surface area contributed by atoms with E-state index in [4.69, 9.17) is 9.84 Å². The molecule has 0 aromatic carbocycles. The molecule has 1 aliphatic heterocycles. The fourth-order valence-corrected chi connectivity index (χ4v) is 1.87. The van der Waals surface area contributed by atoms with E-state index >= 15 is 0 Å². The number of hydrogen-bond donors (Lipinski definition) is 1. The molecular weight excluding hydrogens is 194 g/mol. The largest absolute Gasteiger partial charge is 0.478 e. The molecule has 0 atom stereocenters. The van der Waals surface area contributed by atoms with Crippen molar-refractivity contribution in [2.75, 3.05) is 33.4 Å². The first-order valence-electron chi connectivity index (χ1n) is 5.33. The monoisotopic (exact) mass is 213 g/mol. The molecule has 0 saturated carbocycles. The van der Waals surface area contributed by atoms with Gasteiger partial charge in [0, 0.05) is 26.3 Å². The van der Waals surface area contributed by atoms with Crippen molar-refractivity contribution in [1.82, 2.24) is 4.90 Å². The number of rotatable bonds is 5. The first-order valence-corrected chi connectivity index (χ1v) is 5.33. The Bertz CT molecular complexity index is 220. The number of carboxylic acid groups (broad SMARTS) is 1. The molecule has 1 heterocycles. The van der Waals surface area contributed by atoms with E-state index in [1.807, 2.05) is 0 Å². The molecule has 86 valence electrons. The Kier molecular flexibility index (Phi) is 5.36. The van der Waals surface area contributed by atoms with E-state index in [2.05, 4.69) is 4.90 Å². The minimum Gasteiger partial charge on any atom is -0.478 e. The number of carboxylic acids is 1. The predicted molar refractivity (Wildman–Crippen MR) is 57.8 cm³/mol. The van der Waals surface area contributed by atoms with Crippen LogP contribution < -0.4 is 0 Å². The Hall–Kier alpha value is -0.870. The van der Waals surface area contributed by atoms with Gasteiger partial charge in [0.2, 0.25) is 0 Å². The second-order valence-corrected chi connectivity index (χ2v) is 3.94. The number of hydrogen-bond acceptors (Lipinski definition) is 3. The number of ether oxygens (including phenoxy) is 1. The first kappa shape index (κ1) is 12.2. The van der Waals surface area contributed by atoms with Crippen LogP contribution in [0.1, 0.15) is 12.8 Å². The van der Waals surface area contributed by atoms with E-state index < -0.39 is 5.97 Å². The maximum absolute atomic E-state index is 10.3. The van der Waals surface area contributed by atoms with Crippen LogP contribution >= 0.6 is 0 Å². The highest BCUT2D eigenvalue weighted by molar-refractivity contribution is 5.79. The third-order valence-electron chi connectivity index (χ3n) is 2.73. The van der Waals surface area contributed by atoms with E-state index in [1.54, 1.807) is 13.2 Å². The van der Waals surface area contributed by atoms with Crippen LogP contribution in [0.2, 0.25) is 0 Å². The summed E-state index contributed by atoms with van der Waals surface area (Å²) in [6, 6.07) is 0. The highest BCUT2D eigenvalue weighted by atomic mass is 16.5. The lowest BCUT2D eigenvalue weighted by atomic mass is 9.98. The van der Waals surface area contributed by atoms with E-state index in [0.717, 1.165) is 39.1 Å². The number of likely N-dealkylation sites (tertiary alicyclic amines) is 1. The molecule has 0 unspecified atom stereocenters. The van der Waals surface area contributed by atoms with E-state index in [0.29, 0.717) is 5.92 Å². The molecule has 1 rings (SSSR count). The highest BCUT2D eigenvalue weighted by Crippen LogP contribution is 2.16. The maximum atomic E-state index is 10.3. The van der Waals surface area contributed by atoms with Crippen molar-refractivity contribution in [3.63, 3.8) is 0 Å². The molecule has 1 fully saturated rings. The molecule has 1 N–H and O–H groups in total. The molecule has 0 spiro atoms. The summed E-state index contributed by atoms with van der Waals surface area (Å²) < 4.78 is 5.12. The Balaban J connectivity index is 2.17. The minimum absolute atomic E-state index is 0.676. The summed E-state index contributed by atoms with van der Waals surface area (Å²) in [6.07, 6.45) is 5.21. The molecule has 1 aliphatic rings. The lowest BCUT2D eigenvalue weighted by Crippen LogP contribution is -2.35. The summed E-state index contributed by atoms with van der Waals surface area (Å²) >= 11 is 0. The van der Waals surface area contributed by atoms with Crippen LogP contribution in [0, 0.1) is 5.92 Å². The molecule has 1 saturated heterocycles. The third-order valence-corrected chi connectivity index (χ3v) is 2.73. The second-order valence-electron chi connectivity index (χ2n) is 3.94. The SMILES string of the molecule is COCC1CCN(C/C=C/C(=O)O)CC1. The van der Waals surface area contributed by atoms with Gasteiger partial charge in [0.15, 0.2) is 0 Å². The van der Waals surface area contributed by atoms with Crippen molar-refractivity contribution in [3.8, 4) is 0 Å². The smallest absolute Gasteiger partial charge is 0.328 e. The van der Waals surface area contributed by atoms with Gasteiger partial charge in [-0.25, -0.2) is 4.79 Å². The Morgan fingerprint density at radius 1 is 1.53 bits per heavy atom. The van der Waals surface area contributed by atoms with Crippen molar-refractivity contribution in [2.24, 2.45) is 5.92 Å². The van der Waals surface area contributed by atoms with Crippen LogP contribution in [0.15, 0.2) is 12.2 Å². The highest BCUT2D eigenvalue weighted by Gasteiger charge is 2.17. The Labute approximate surface area is 90.5 Å².